The molecule has 1 saturated heterocycles. The van der Waals surface area contributed by atoms with E-state index in [9.17, 15) is 9.59 Å². The average Bonchev–Trinajstić information content (AvgIpc) is 3.12. The number of hydrogen-bond donors (Lipinski definition) is 1. The Balaban J connectivity index is 1.61. The minimum atomic E-state index is -0.130. The molecule has 1 aliphatic heterocycles. The van der Waals surface area contributed by atoms with E-state index in [0.717, 1.165) is 29.9 Å². The van der Waals surface area contributed by atoms with E-state index in [1.165, 1.54) is 0 Å². The fraction of sp³-hybridized carbons (Fsp3) is 0.353. The molecule has 23 heavy (non-hydrogen) atoms. The first-order valence-corrected chi connectivity index (χ1v) is 7.72. The van der Waals surface area contributed by atoms with E-state index in [4.69, 9.17) is 0 Å². The van der Waals surface area contributed by atoms with Crippen molar-refractivity contribution < 1.29 is 9.59 Å². The third-order valence-electron chi connectivity index (χ3n) is 4.25. The number of aromatic nitrogens is 2. The second kappa shape index (κ2) is 6.24. The minimum Gasteiger partial charge on any atom is -0.348 e. The summed E-state index contributed by atoms with van der Waals surface area (Å²) in [5, 5.41) is 6.97. The Labute approximate surface area is 135 Å². The van der Waals surface area contributed by atoms with Gasteiger partial charge in [0, 0.05) is 37.9 Å². The summed E-state index contributed by atoms with van der Waals surface area (Å²) in [6.07, 6.45) is 3.12. The van der Waals surface area contributed by atoms with Gasteiger partial charge in [0.25, 0.3) is 5.91 Å². The molecule has 0 unspecified atom stereocenters. The molecular weight excluding hydrogens is 292 g/mol. The first-order valence-electron chi connectivity index (χ1n) is 7.72. The van der Waals surface area contributed by atoms with E-state index in [0.29, 0.717) is 18.5 Å². The monoisotopic (exact) mass is 312 g/mol. The largest absolute Gasteiger partial charge is 0.348 e. The van der Waals surface area contributed by atoms with Crippen LogP contribution < -0.4 is 10.2 Å². The van der Waals surface area contributed by atoms with Crippen LogP contribution in [0.3, 0.4) is 0 Å². The lowest BCUT2D eigenvalue weighted by atomic mass is 10.2. The molecule has 6 nitrogen and oxygen atoms in total. The quantitative estimate of drug-likeness (QED) is 0.936. The number of benzene rings is 1. The van der Waals surface area contributed by atoms with Gasteiger partial charge in [0.1, 0.15) is 0 Å². The smallest absolute Gasteiger partial charge is 0.255 e. The molecule has 1 N–H and O–H groups in total. The molecule has 1 aromatic carbocycles. The van der Waals surface area contributed by atoms with Gasteiger partial charge in [0.05, 0.1) is 11.8 Å². The molecule has 2 heterocycles. The number of carbonyl (C=O) groups excluding carboxylic acids is 2. The van der Waals surface area contributed by atoms with Gasteiger partial charge in [0.15, 0.2) is 0 Å². The van der Waals surface area contributed by atoms with Gasteiger partial charge in [-0.05, 0) is 31.0 Å². The number of rotatable bonds is 4. The van der Waals surface area contributed by atoms with Gasteiger partial charge in [-0.3, -0.25) is 14.3 Å². The van der Waals surface area contributed by atoms with Gasteiger partial charge in [-0.2, -0.15) is 5.10 Å². The molecule has 1 aliphatic rings. The topological polar surface area (TPSA) is 67.2 Å². The molecule has 1 fully saturated rings. The maximum Gasteiger partial charge on any atom is 0.255 e. The molecule has 6 heteroatoms. The van der Waals surface area contributed by atoms with E-state index in [-0.39, 0.29) is 11.8 Å². The molecule has 120 valence electrons. The zero-order chi connectivity index (χ0) is 16.4. The van der Waals surface area contributed by atoms with Crippen molar-refractivity contribution >= 4 is 17.5 Å². The first kappa shape index (κ1) is 15.3. The van der Waals surface area contributed by atoms with Crippen LogP contribution in [0.25, 0.3) is 0 Å². The third kappa shape index (κ3) is 3.11. The highest BCUT2D eigenvalue weighted by molar-refractivity contribution is 5.95. The Morgan fingerprint density at radius 1 is 1.30 bits per heavy atom. The number of anilines is 1. The molecule has 0 aliphatic carbocycles. The Kier molecular flexibility index (Phi) is 4.14. The van der Waals surface area contributed by atoms with Crippen LogP contribution in [0.15, 0.2) is 30.5 Å². The number of nitrogens with zero attached hydrogens (tertiary/aromatic N) is 3. The highest BCUT2D eigenvalue weighted by Crippen LogP contribution is 2.21. The maximum atomic E-state index is 12.2. The fourth-order valence-corrected chi connectivity index (χ4v) is 2.71. The van der Waals surface area contributed by atoms with Crippen LogP contribution in [0.2, 0.25) is 0 Å². The Morgan fingerprint density at radius 3 is 2.61 bits per heavy atom. The van der Waals surface area contributed by atoms with Crippen molar-refractivity contribution in [3.8, 4) is 0 Å². The van der Waals surface area contributed by atoms with E-state index in [2.05, 4.69) is 10.4 Å². The SMILES string of the molecule is Cc1c(C(=O)NCc2ccc(N3CCCC3=O)cc2)cnn1C. The van der Waals surface area contributed by atoms with Crippen LogP contribution in [-0.4, -0.2) is 28.1 Å². The second-order valence-corrected chi connectivity index (χ2v) is 5.77. The van der Waals surface area contributed by atoms with E-state index >= 15 is 0 Å². The summed E-state index contributed by atoms with van der Waals surface area (Å²) >= 11 is 0. The number of carbonyl (C=O) groups is 2. The van der Waals surface area contributed by atoms with Crippen molar-refractivity contribution in [1.82, 2.24) is 15.1 Å². The molecule has 3 rings (SSSR count). The number of hydrogen-bond acceptors (Lipinski definition) is 3. The van der Waals surface area contributed by atoms with Crippen LogP contribution in [0.1, 0.15) is 34.5 Å². The van der Waals surface area contributed by atoms with Gasteiger partial charge >= 0.3 is 0 Å². The zero-order valence-electron chi connectivity index (χ0n) is 13.4. The van der Waals surface area contributed by atoms with Crippen molar-refractivity contribution in [2.75, 3.05) is 11.4 Å². The van der Waals surface area contributed by atoms with Crippen molar-refractivity contribution in [2.24, 2.45) is 7.05 Å². The molecular formula is C17H20N4O2. The Bertz CT molecular complexity index is 734. The summed E-state index contributed by atoms with van der Waals surface area (Å²) in [6, 6.07) is 7.74. The molecule has 2 amide bonds. The molecule has 0 atom stereocenters. The average molecular weight is 312 g/mol. The van der Waals surface area contributed by atoms with E-state index in [1.54, 1.807) is 15.8 Å². The summed E-state index contributed by atoms with van der Waals surface area (Å²) in [7, 11) is 1.81. The molecule has 0 saturated carbocycles. The summed E-state index contributed by atoms with van der Waals surface area (Å²) in [5.41, 5.74) is 3.35. The third-order valence-corrected chi connectivity index (χ3v) is 4.25. The molecule has 1 aromatic heterocycles. The van der Waals surface area contributed by atoms with Crippen LogP contribution in [0, 0.1) is 6.92 Å². The van der Waals surface area contributed by atoms with Crippen LogP contribution in [0.4, 0.5) is 5.69 Å². The summed E-state index contributed by atoms with van der Waals surface area (Å²) < 4.78 is 1.68. The lowest BCUT2D eigenvalue weighted by Crippen LogP contribution is -2.24. The van der Waals surface area contributed by atoms with Crippen LogP contribution in [-0.2, 0) is 18.4 Å². The van der Waals surface area contributed by atoms with Crippen LogP contribution in [0.5, 0.6) is 0 Å². The van der Waals surface area contributed by atoms with Crippen molar-refractivity contribution in [3.05, 3.63) is 47.3 Å². The van der Waals surface area contributed by atoms with Gasteiger partial charge < -0.3 is 10.2 Å². The summed E-state index contributed by atoms with van der Waals surface area (Å²) in [5.74, 6) is 0.0486. The van der Waals surface area contributed by atoms with Crippen molar-refractivity contribution in [1.29, 1.82) is 0 Å². The van der Waals surface area contributed by atoms with Gasteiger partial charge in [0.2, 0.25) is 5.91 Å². The molecule has 0 spiro atoms. The first-order chi connectivity index (χ1) is 11.1. The normalized spacial score (nSPS) is 14.3. The molecule has 0 bridgehead atoms. The number of aryl methyl sites for hydroxylation is 1. The lowest BCUT2D eigenvalue weighted by molar-refractivity contribution is -0.117. The second-order valence-electron chi connectivity index (χ2n) is 5.77. The zero-order valence-corrected chi connectivity index (χ0v) is 13.4. The van der Waals surface area contributed by atoms with E-state index in [1.807, 2.05) is 38.2 Å². The Morgan fingerprint density at radius 2 is 2.04 bits per heavy atom. The predicted molar refractivity (Wildman–Crippen MR) is 87.1 cm³/mol. The minimum absolute atomic E-state index is 0.130. The molecule has 0 radical (unpaired) electrons. The van der Waals surface area contributed by atoms with Gasteiger partial charge in [-0.15, -0.1) is 0 Å². The summed E-state index contributed by atoms with van der Waals surface area (Å²) in [6.45, 7) is 3.10. The standard InChI is InChI=1S/C17H20N4O2/c1-12-15(11-19-20(12)2)17(23)18-10-13-5-7-14(8-6-13)21-9-3-4-16(21)22/h5-8,11H,3-4,9-10H2,1-2H3,(H,18,23). The summed E-state index contributed by atoms with van der Waals surface area (Å²) in [4.78, 5) is 25.7. The molecule has 2 aromatic rings. The fourth-order valence-electron chi connectivity index (χ4n) is 2.71. The van der Waals surface area contributed by atoms with Crippen LogP contribution >= 0.6 is 0 Å². The van der Waals surface area contributed by atoms with Gasteiger partial charge in [-0.25, -0.2) is 0 Å². The number of nitrogens with one attached hydrogen (secondary N) is 1. The maximum absolute atomic E-state index is 12.2. The number of amides is 2. The van der Waals surface area contributed by atoms with Gasteiger partial charge in [-0.1, -0.05) is 12.1 Å². The predicted octanol–water partition coefficient (Wildman–Crippen LogP) is 1.79. The Hall–Kier alpha value is -2.63. The van der Waals surface area contributed by atoms with Crippen molar-refractivity contribution in [3.63, 3.8) is 0 Å². The van der Waals surface area contributed by atoms with E-state index < -0.39 is 0 Å². The lowest BCUT2D eigenvalue weighted by Gasteiger charge is -2.16. The highest BCUT2D eigenvalue weighted by Gasteiger charge is 2.21. The van der Waals surface area contributed by atoms with Crippen molar-refractivity contribution in [2.45, 2.75) is 26.3 Å². The highest BCUT2D eigenvalue weighted by atomic mass is 16.2.